The standard InChI is InChI=1S/C35H29BrN2/c1-3-25(23-37-4-2)26-9-5-11-28(17-26)32-19-33(21-34(20-32)30-13-7-15-35(36)22-30)29-12-6-10-27(18-29)31-14-8-16-38-24-31/h3-6,8-12,14-24H,2,7,13H2,1H3/b25-3+,37-23-. The highest BCUT2D eigenvalue weighted by atomic mass is 79.9. The SMILES string of the molecule is C=C/N=C\C(=C/C)c1cccc(-c2cc(C3=CC(Br)=CCC3)cc(-c3cccc(-c4cccnc4)c3)c2)c1. The summed E-state index contributed by atoms with van der Waals surface area (Å²) in [6.45, 7) is 5.74. The van der Waals surface area contributed by atoms with E-state index in [1.54, 1.807) is 6.20 Å². The molecule has 186 valence electrons. The molecule has 5 rings (SSSR count). The fourth-order valence-electron chi connectivity index (χ4n) is 4.78. The lowest BCUT2D eigenvalue weighted by Gasteiger charge is -2.16. The van der Waals surface area contributed by atoms with Crippen molar-refractivity contribution in [2.75, 3.05) is 0 Å². The summed E-state index contributed by atoms with van der Waals surface area (Å²) < 4.78 is 1.14. The maximum Gasteiger partial charge on any atom is 0.0346 e. The van der Waals surface area contributed by atoms with E-state index in [1.807, 2.05) is 31.6 Å². The first-order chi connectivity index (χ1) is 18.6. The molecule has 4 aromatic rings. The van der Waals surface area contributed by atoms with Crippen molar-refractivity contribution in [3.8, 4) is 33.4 Å². The Bertz CT molecular complexity index is 1590. The average Bonchev–Trinajstić information content (AvgIpc) is 2.98. The minimum absolute atomic E-state index is 1.02. The molecule has 0 radical (unpaired) electrons. The zero-order valence-corrected chi connectivity index (χ0v) is 23.0. The van der Waals surface area contributed by atoms with E-state index in [-0.39, 0.29) is 0 Å². The van der Waals surface area contributed by atoms with Crippen LogP contribution in [0, 0.1) is 0 Å². The number of hydrogen-bond acceptors (Lipinski definition) is 2. The van der Waals surface area contributed by atoms with E-state index in [2.05, 4.69) is 124 Å². The average molecular weight is 558 g/mol. The van der Waals surface area contributed by atoms with Gasteiger partial charge >= 0.3 is 0 Å². The molecule has 1 aromatic heterocycles. The topological polar surface area (TPSA) is 25.2 Å². The Hall–Kier alpha value is -4.08. The maximum absolute atomic E-state index is 4.31. The van der Waals surface area contributed by atoms with Crippen LogP contribution in [0.2, 0.25) is 0 Å². The van der Waals surface area contributed by atoms with Gasteiger partial charge in [-0.15, -0.1) is 0 Å². The molecule has 0 N–H and O–H groups in total. The van der Waals surface area contributed by atoms with E-state index in [0.29, 0.717) is 0 Å². The molecule has 0 fully saturated rings. The number of rotatable bonds is 7. The first-order valence-electron chi connectivity index (χ1n) is 12.8. The van der Waals surface area contributed by atoms with Crippen LogP contribution in [-0.4, -0.2) is 11.2 Å². The minimum Gasteiger partial charge on any atom is -0.265 e. The van der Waals surface area contributed by atoms with Crippen molar-refractivity contribution < 1.29 is 0 Å². The molecule has 3 aromatic carbocycles. The van der Waals surface area contributed by atoms with Crippen LogP contribution in [0.25, 0.3) is 44.5 Å². The second kappa shape index (κ2) is 12.0. The summed E-state index contributed by atoms with van der Waals surface area (Å²) in [5.41, 5.74) is 11.8. The van der Waals surface area contributed by atoms with Crippen molar-refractivity contribution in [1.82, 2.24) is 4.98 Å². The number of aromatic nitrogens is 1. The first-order valence-corrected chi connectivity index (χ1v) is 13.6. The molecule has 38 heavy (non-hydrogen) atoms. The van der Waals surface area contributed by atoms with E-state index in [0.717, 1.165) is 39.6 Å². The third-order valence-corrected chi connectivity index (χ3v) is 7.27. The number of pyridine rings is 1. The van der Waals surface area contributed by atoms with Crippen molar-refractivity contribution >= 4 is 33.3 Å². The molecule has 0 aliphatic heterocycles. The molecule has 1 heterocycles. The second-order valence-corrected chi connectivity index (χ2v) is 10.1. The fourth-order valence-corrected chi connectivity index (χ4v) is 5.28. The molecule has 0 saturated heterocycles. The molecule has 1 aliphatic carbocycles. The van der Waals surface area contributed by atoms with Crippen LogP contribution < -0.4 is 0 Å². The molecule has 0 atom stereocenters. The van der Waals surface area contributed by atoms with Gasteiger partial charge in [0.15, 0.2) is 0 Å². The Morgan fingerprint density at radius 3 is 2.18 bits per heavy atom. The van der Waals surface area contributed by atoms with E-state index >= 15 is 0 Å². The number of halogens is 1. The van der Waals surface area contributed by atoms with Crippen LogP contribution in [0.4, 0.5) is 0 Å². The normalized spacial score (nSPS) is 13.8. The predicted octanol–water partition coefficient (Wildman–Crippen LogP) is 10.2. The Kier molecular flexibility index (Phi) is 8.06. The molecule has 1 aliphatic rings. The summed E-state index contributed by atoms with van der Waals surface area (Å²) in [6, 6.07) is 28.4. The predicted molar refractivity (Wildman–Crippen MR) is 167 cm³/mol. The van der Waals surface area contributed by atoms with E-state index < -0.39 is 0 Å². The van der Waals surface area contributed by atoms with Gasteiger partial charge in [0.1, 0.15) is 0 Å². The Morgan fingerprint density at radius 2 is 1.50 bits per heavy atom. The van der Waals surface area contributed by atoms with Gasteiger partial charge in [-0.2, -0.15) is 0 Å². The fraction of sp³-hybridized carbons (Fsp3) is 0.0857. The van der Waals surface area contributed by atoms with Crippen LogP contribution in [0.15, 0.2) is 132 Å². The molecular formula is C35H29BrN2. The number of benzene rings is 3. The number of nitrogens with zero attached hydrogens (tertiary/aromatic N) is 2. The number of allylic oxidation sites excluding steroid dienone is 6. The summed E-state index contributed by atoms with van der Waals surface area (Å²) in [5.74, 6) is 0. The van der Waals surface area contributed by atoms with Crippen molar-refractivity contribution in [2.24, 2.45) is 4.99 Å². The summed E-state index contributed by atoms with van der Waals surface area (Å²) in [4.78, 5) is 8.55. The van der Waals surface area contributed by atoms with Crippen LogP contribution in [0.1, 0.15) is 30.9 Å². The van der Waals surface area contributed by atoms with Crippen molar-refractivity contribution in [3.63, 3.8) is 0 Å². The van der Waals surface area contributed by atoms with Gasteiger partial charge in [0.05, 0.1) is 0 Å². The summed E-state index contributed by atoms with van der Waals surface area (Å²) in [6.07, 6.45) is 15.8. The van der Waals surface area contributed by atoms with Gasteiger partial charge in [0, 0.05) is 34.9 Å². The highest BCUT2D eigenvalue weighted by Gasteiger charge is 2.13. The van der Waals surface area contributed by atoms with Gasteiger partial charge < -0.3 is 0 Å². The maximum atomic E-state index is 4.31. The van der Waals surface area contributed by atoms with Gasteiger partial charge in [-0.3, -0.25) is 9.98 Å². The van der Waals surface area contributed by atoms with Gasteiger partial charge in [-0.25, -0.2) is 0 Å². The van der Waals surface area contributed by atoms with Crippen molar-refractivity contribution in [2.45, 2.75) is 19.8 Å². The van der Waals surface area contributed by atoms with Gasteiger partial charge in [-0.1, -0.05) is 77.1 Å². The lowest BCUT2D eigenvalue weighted by Crippen LogP contribution is -1.93. The van der Waals surface area contributed by atoms with E-state index in [1.165, 1.54) is 33.4 Å². The quantitative estimate of drug-likeness (QED) is 0.208. The van der Waals surface area contributed by atoms with Crippen LogP contribution >= 0.6 is 15.9 Å². The molecule has 0 bridgehead atoms. The smallest absolute Gasteiger partial charge is 0.0346 e. The number of aliphatic imine (C=N–C) groups is 1. The van der Waals surface area contributed by atoms with Gasteiger partial charge in [0.2, 0.25) is 0 Å². The summed E-state index contributed by atoms with van der Waals surface area (Å²) in [7, 11) is 0. The van der Waals surface area contributed by atoms with Crippen molar-refractivity contribution in [3.05, 3.63) is 138 Å². The zero-order chi connectivity index (χ0) is 26.3. The largest absolute Gasteiger partial charge is 0.265 e. The summed E-state index contributed by atoms with van der Waals surface area (Å²) >= 11 is 3.70. The third-order valence-electron chi connectivity index (χ3n) is 6.72. The lowest BCUT2D eigenvalue weighted by molar-refractivity contribution is 1.05. The Labute approximate surface area is 233 Å². The molecule has 2 nitrogen and oxygen atoms in total. The van der Waals surface area contributed by atoms with Crippen LogP contribution in [-0.2, 0) is 0 Å². The molecule has 0 unspecified atom stereocenters. The number of hydrogen-bond donors (Lipinski definition) is 0. The molecule has 0 amide bonds. The monoisotopic (exact) mass is 556 g/mol. The van der Waals surface area contributed by atoms with Crippen LogP contribution in [0.3, 0.4) is 0 Å². The molecule has 0 spiro atoms. The minimum atomic E-state index is 1.02. The zero-order valence-electron chi connectivity index (χ0n) is 21.4. The Balaban J connectivity index is 1.64. The van der Waals surface area contributed by atoms with Gasteiger partial charge in [0.25, 0.3) is 0 Å². The first kappa shape index (κ1) is 25.6. The van der Waals surface area contributed by atoms with E-state index in [4.69, 9.17) is 0 Å². The lowest BCUT2D eigenvalue weighted by atomic mass is 9.89. The van der Waals surface area contributed by atoms with Crippen LogP contribution in [0.5, 0.6) is 0 Å². The van der Waals surface area contributed by atoms with E-state index in [9.17, 15) is 0 Å². The second-order valence-electron chi connectivity index (χ2n) is 9.20. The molecule has 0 saturated carbocycles. The summed E-state index contributed by atoms with van der Waals surface area (Å²) in [5, 5.41) is 0. The third kappa shape index (κ3) is 5.90. The Morgan fingerprint density at radius 1 is 0.842 bits per heavy atom. The molecule has 3 heteroatoms. The highest BCUT2D eigenvalue weighted by molar-refractivity contribution is 9.11. The van der Waals surface area contributed by atoms with Gasteiger partial charge in [-0.05, 0) is 112 Å². The highest BCUT2D eigenvalue weighted by Crippen LogP contribution is 2.36. The molecular weight excluding hydrogens is 528 g/mol. The van der Waals surface area contributed by atoms with Crippen molar-refractivity contribution in [1.29, 1.82) is 0 Å².